The third-order valence-corrected chi connectivity index (χ3v) is 5.56. The first-order valence-electron chi connectivity index (χ1n) is 10.2. The van der Waals surface area contributed by atoms with Gasteiger partial charge in [-0.15, -0.1) is 0 Å². The number of piperidine rings is 1. The fraction of sp³-hybridized carbons (Fsp3) is 0.417. The number of aryl methyl sites for hydroxylation is 2. The smallest absolute Gasteiger partial charge is 0.253 e. The first-order chi connectivity index (χ1) is 13.8. The molecule has 5 heteroatoms. The van der Waals surface area contributed by atoms with Crippen LogP contribution in [0.2, 0.25) is 0 Å². The molecule has 1 N–H and O–H groups in total. The van der Waals surface area contributed by atoms with E-state index in [1.54, 1.807) is 0 Å². The molecule has 1 aliphatic rings. The Kier molecular flexibility index (Phi) is 6.70. The third-order valence-electron chi connectivity index (χ3n) is 5.56. The summed E-state index contributed by atoms with van der Waals surface area (Å²) in [4.78, 5) is 29.1. The Balaban J connectivity index is 1.75. The minimum absolute atomic E-state index is 0.0337. The van der Waals surface area contributed by atoms with Crippen LogP contribution < -0.4 is 5.32 Å². The number of anilines is 1. The number of benzene rings is 2. The number of amides is 2. The summed E-state index contributed by atoms with van der Waals surface area (Å²) in [6, 6.07) is 14.0. The van der Waals surface area contributed by atoms with Crippen LogP contribution in [0.15, 0.2) is 42.5 Å². The highest BCUT2D eigenvalue weighted by molar-refractivity contribution is 5.98. The van der Waals surface area contributed by atoms with E-state index >= 15 is 0 Å². The van der Waals surface area contributed by atoms with Crippen LogP contribution in [0.3, 0.4) is 0 Å². The van der Waals surface area contributed by atoms with Crippen molar-refractivity contribution in [2.24, 2.45) is 0 Å². The highest BCUT2D eigenvalue weighted by Gasteiger charge is 2.26. The normalized spacial score (nSPS) is 16.7. The van der Waals surface area contributed by atoms with Crippen LogP contribution in [-0.2, 0) is 4.79 Å². The van der Waals surface area contributed by atoms with Gasteiger partial charge in [0.1, 0.15) is 0 Å². The lowest BCUT2D eigenvalue weighted by molar-refractivity contribution is -0.116. The van der Waals surface area contributed by atoms with Gasteiger partial charge in [-0.1, -0.05) is 30.3 Å². The zero-order valence-corrected chi connectivity index (χ0v) is 17.9. The molecule has 0 bridgehead atoms. The van der Waals surface area contributed by atoms with E-state index in [1.165, 1.54) is 11.1 Å². The Morgan fingerprint density at radius 3 is 2.59 bits per heavy atom. The Bertz CT molecular complexity index is 891. The van der Waals surface area contributed by atoms with Crippen LogP contribution in [0.25, 0.3) is 0 Å². The van der Waals surface area contributed by atoms with Gasteiger partial charge in [-0.2, -0.15) is 0 Å². The molecule has 5 nitrogen and oxygen atoms in total. The van der Waals surface area contributed by atoms with Crippen LogP contribution in [-0.4, -0.2) is 55.3 Å². The summed E-state index contributed by atoms with van der Waals surface area (Å²) in [6.07, 6.45) is 2.11. The SMILES string of the molecule is Cc1ccc(C(=O)N2CCCC(c3ccccc3C)C2)cc1NC(=O)CN(C)C. The van der Waals surface area contributed by atoms with Gasteiger partial charge in [0.15, 0.2) is 0 Å². The molecular formula is C24H31N3O2. The molecule has 1 aliphatic heterocycles. The minimum Gasteiger partial charge on any atom is -0.338 e. The van der Waals surface area contributed by atoms with Gasteiger partial charge in [0.25, 0.3) is 5.91 Å². The number of likely N-dealkylation sites (N-methyl/N-ethyl adjacent to an activating group) is 1. The van der Waals surface area contributed by atoms with Crippen molar-refractivity contribution in [3.05, 3.63) is 64.7 Å². The molecule has 0 saturated carbocycles. The highest BCUT2D eigenvalue weighted by Crippen LogP contribution is 2.30. The Morgan fingerprint density at radius 2 is 1.86 bits per heavy atom. The lowest BCUT2D eigenvalue weighted by atomic mass is 9.87. The average molecular weight is 394 g/mol. The van der Waals surface area contributed by atoms with E-state index in [9.17, 15) is 9.59 Å². The largest absolute Gasteiger partial charge is 0.338 e. The van der Waals surface area contributed by atoms with Crippen LogP contribution in [0, 0.1) is 13.8 Å². The van der Waals surface area contributed by atoms with Crippen molar-refractivity contribution in [2.75, 3.05) is 39.0 Å². The van der Waals surface area contributed by atoms with E-state index in [2.05, 4.69) is 36.5 Å². The van der Waals surface area contributed by atoms with Crippen molar-refractivity contribution in [3.63, 3.8) is 0 Å². The fourth-order valence-electron chi connectivity index (χ4n) is 4.01. The van der Waals surface area contributed by atoms with Crippen LogP contribution >= 0.6 is 0 Å². The number of hydrogen-bond acceptors (Lipinski definition) is 3. The van der Waals surface area contributed by atoms with Gasteiger partial charge < -0.3 is 15.1 Å². The molecular weight excluding hydrogens is 362 g/mol. The molecule has 0 radical (unpaired) electrons. The van der Waals surface area contributed by atoms with Crippen molar-refractivity contribution in [1.82, 2.24) is 9.80 Å². The number of rotatable bonds is 5. The second-order valence-corrected chi connectivity index (χ2v) is 8.26. The molecule has 154 valence electrons. The monoisotopic (exact) mass is 393 g/mol. The molecule has 2 aromatic rings. The quantitative estimate of drug-likeness (QED) is 0.840. The van der Waals surface area contributed by atoms with Crippen LogP contribution in [0.4, 0.5) is 5.69 Å². The predicted molar refractivity (Wildman–Crippen MR) is 117 cm³/mol. The maximum Gasteiger partial charge on any atom is 0.253 e. The molecule has 2 aromatic carbocycles. The van der Waals surface area contributed by atoms with Gasteiger partial charge in [-0.05, 0) is 69.6 Å². The van der Waals surface area contributed by atoms with Crippen molar-refractivity contribution in [3.8, 4) is 0 Å². The van der Waals surface area contributed by atoms with E-state index in [0.29, 0.717) is 23.7 Å². The summed E-state index contributed by atoms with van der Waals surface area (Å²) in [5, 5.41) is 2.93. The first-order valence-corrected chi connectivity index (χ1v) is 10.2. The van der Waals surface area contributed by atoms with Crippen molar-refractivity contribution < 1.29 is 9.59 Å². The number of carbonyl (C=O) groups is 2. The molecule has 1 saturated heterocycles. The summed E-state index contributed by atoms with van der Waals surface area (Å²) >= 11 is 0. The second kappa shape index (κ2) is 9.23. The summed E-state index contributed by atoms with van der Waals surface area (Å²) in [6.45, 7) is 5.90. The lowest BCUT2D eigenvalue weighted by Crippen LogP contribution is -2.39. The fourth-order valence-corrected chi connectivity index (χ4v) is 4.01. The standard InChI is InChI=1S/C24H31N3O2/c1-17-8-5-6-10-21(17)20-9-7-13-27(15-20)24(29)19-12-11-18(2)22(14-19)25-23(28)16-26(3)4/h5-6,8,10-12,14,20H,7,9,13,15-16H2,1-4H3,(H,25,28). The number of nitrogens with one attached hydrogen (secondary N) is 1. The van der Waals surface area contributed by atoms with Gasteiger partial charge in [0, 0.05) is 30.3 Å². The van der Waals surface area contributed by atoms with Crippen molar-refractivity contribution in [1.29, 1.82) is 0 Å². The zero-order valence-electron chi connectivity index (χ0n) is 17.9. The average Bonchev–Trinajstić information content (AvgIpc) is 2.69. The van der Waals surface area contributed by atoms with Gasteiger partial charge in [-0.3, -0.25) is 9.59 Å². The predicted octanol–water partition coefficient (Wildman–Crippen LogP) is 3.82. The van der Waals surface area contributed by atoms with Crippen molar-refractivity contribution in [2.45, 2.75) is 32.6 Å². The summed E-state index contributed by atoms with van der Waals surface area (Å²) in [5.74, 6) is 0.324. The maximum absolute atomic E-state index is 13.2. The number of likely N-dealkylation sites (tertiary alicyclic amines) is 1. The molecule has 1 heterocycles. The zero-order chi connectivity index (χ0) is 21.0. The number of hydrogen-bond donors (Lipinski definition) is 1. The van der Waals surface area contributed by atoms with Crippen LogP contribution in [0.5, 0.6) is 0 Å². The lowest BCUT2D eigenvalue weighted by Gasteiger charge is -2.34. The van der Waals surface area contributed by atoms with E-state index in [-0.39, 0.29) is 11.8 Å². The van der Waals surface area contributed by atoms with Gasteiger partial charge in [-0.25, -0.2) is 0 Å². The maximum atomic E-state index is 13.2. The second-order valence-electron chi connectivity index (χ2n) is 8.26. The Hall–Kier alpha value is -2.66. The minimum atomic E-state index is -0.0831. The number of carbonyl (C=O) groups excluding carboxylic acids is 2. The third kappa shape index (κ3) is 5.24. The van der Waals surface area contributed by atoms with E-state index in [4.69, 9.17) is 0 Å². The molecule has 0 spiro atoms. The van der Waals surface area contributed by atoms with E-state index in [1.807, 2.05) is 49.0 Å². The summed E-state index contributed by atoms with van der Waals surface area (Å²) in [5.41, 5.74) is 4.90. The molecule has 1 fully saturated rings. The highest BCUT2D eigenvalue weighted by atomic mass is 16.2. The molecule has 0 aromatic heterocycles. The Morgan fingerprint density at radius 1 is 1.10 bits per heavy atom. The summed E-state index contributed by atoms with van der Waals surface area (Å²) in [7, 11) is 3.71. The van der Waals surface area contributed by atoms with Gasteiger partial charge >= 0.3 is 0 Å². The van der Waals surface area contributed by atoms with Crippen molar-refractivity contribution >= 4 is 17.5 Å². The van der Waals surface area contributed by atoms with E-state index in [0.717, 1.165) is 31.5 Å². The Labute approximate surface area is 173 Å². The van der Waals surface area contributed by atoms with Crippen LogP contribution in [0.1, 0.15) is 45.8 Å². The molecule has 1 atom stereocenters. The molecule has 29 heavy (non-hydrogen) atoms. The van der Waals surface area contributed by atoms with Gasteiger partial charge in [0.2, 0.25) is 5.91 Å². The molecule has 1 unspecified atom stereocenters. The number of nitrogens with zero attached hydrogens (tertiary/aromatic N) is 2. The molecule has 3 rings (SSSR count). The topological polar surface area (TPSA) is 52.7 Å². The summed E-state index contributed by atoms with van der Waals surface area (Å²) < 4.78 is 0. The van der Waals surface area contributed by atoms with E-state index < -0.39 is 0 Å². The molecule has 2 amide bonds. The first kappa shape index (κ1) is 21.1. The van der Waals surface area contributed by atoms with Gasteiger partial charge in [0.05, 0.1) is 6.54 Å². The molecule has 0 aliphatic carbocycles.